The van der Waals surface area contributed by atoms with Crippen LogP contribution in [0, 0.1) is 12.7 Å². The summed E-state index contributed by atoms with van der Waals surface area (Å²) in [5.41, 5.74) is -1.03. The normalized spacial score (nSPS) is 23.7. The van der Waals surface area contributed by atoms with Crippen LogP contribution in [0.15, 0.2) is 18.2 Å². The summed E-state index contributed by atoms with van der Waals surface area (Å²) in [6.45, 7) is 2.11. The summed E-state index contributed by atoms with van der Waals surface area (Å²) in [5, 5.41) is 5.28. The van der Waals surface area contributed by atoms with Gasteiger partial charge in [-0.1, -0.05) is 0 Å². The van der Waals surface area contributed by atoms with E-state index in [1.54, 1.807) is 6.92 Å². The quantitative estimate of drug-likeness (QED) is 0.827. The maximum atomic E-state index is 14.0. The van der Waals surface area contributed by atoms with Gasteiger partial charge in [-0.2, -0.15) is 0 Å². The highest BCUT2D eigenvalue weighted by Gasteiger charge is 2.41. The third kappa shape index (κ3) is 2.44. The Hall–Kier alpha value is -1.49. The van der Waals surface area contributed by atoms with E-state index in [1.165, 1.54) is 18.2 Å². The van der Waals surface area contributed by atoms with E-state index in [2.05, 4.69) is 10.6 Å². The second-order valence-corrected chi connectivity index (χ2v) is 4.31. The molecule has 0 spiro atoms. The first-order chi connectivity index (χ1) is 8.01. The van der Waals surface area contributed by atoms with Crippen LogP contribution in [0.3, 0.4) is 0 Å². The maximum absolute atomic E-state index is 14.0. The molecule has 1 saturated heterocycles. The van der Waals surface area contributed by atoms with Gasteiger partial charge in [0.25, 0.3) is 5.91 Å². The molecule has 1 aliphatic heterocycles. The summed E-state index contributed by atoms with van der Waals surface area (Å²) in [4.78, 5) is 11.7. The molecule has 1 unspecified atom stereocenters. The number of nitrogens with one attached hydrogen (secondary N) is 2. The zero-order valence-corrected chi connectivity index (χ0v) is 9.52. The minimum atomic E-state index is -1.86. The number of hydrogen-bond acceptors (Lipinski definition) is 2. The smallest absolute Gasteiger partial charge is 0.263 e. The Morgan fingerprint density at radius 2 is 2.29 bits per heavy atom. The fourth-order valence-electron chi connectivity index (χ4n) is 1.82. The number of carbonyl (C=O) groups is 1. The van der Waals surface area contributed by atoms with E-state index in [9.17, 15) is 13.6 Å². The first-order valence-corrected chi connectivity index (χ1v) is 5.48. The second kappa shape index (κ2) is 4.41. The Morgan fingerprint density at radius 1 is 1.53 bits per heavy atom. The lowest BCUT2D eigenvalue weighted by Gasteiger charge is -2.17. The zero-order chi connectivity index (χ0) is 12.5. The number of amides is 1. The molecule has 1 aliphatic rings. The summed E-state index contributed by atoms with van der Waals surface area (Å²) in [5.74, 6) is -1.02. The van der Waals surface area contributed by atoms with Gasteiger partial charge in [-0.15, -0.1) is 0 Å². The first-order valence-electron chi connectivity index (χ1n) is 5.48. The lowest BCUT2D eigenvalue weighted by atomic mass is 10.0. The number of halogens is 2. The van der Waals surface area contributed by atoms with Crippen molar-refractivity contribution in [2.45, 2.75) is 19.0 Å². The Bertz CT molecular complexity index is 442. The maximum Gasteiger partial charge on any atom is 0.263 e. The standard InChI is InChI=1S/C12H14F2N2O/c1-8-6-9(2-3-10(8)13)16-11(17)12(14)4-5-15-7-12/h2-3,6,15H,4-5,7H2,1H3,(H,16,17). The Kier molecular flexibility index (Phi) is 3.11. The highest BCUT2D eigenvalue weighted by molar-refractivity contribution is 5.97. The van der Waals surface area contributed by atoms with Crippen LogP contribution >= 0.6 is 0 Å². The Morgan fingerprint density at radius 3 is 2.88 bits per heavy atom. The van der Waals surface area contributed by atoms with Crippen molar-refractivity contribution in [2.24, 2.45) is 0 Å². The minimum absolute atomic E-state index is 0.0268. The van der Waals surface area contributed by atoms with Crippen molar-refractivity contribution < 1.29 is 13.6 Å². The van der Waals surface area contributed by atoms with E-state index in [1.807, 2.05) is 0 Å². The van der Waals surface area contributed by atoms with Gasteiger partial charge in [0.2, 0.25) is 5.67 Å². The first kappa shape index (κ1) is 12.0. The van der Waals surface area contributed by atoms with Crippen LogP contribution < -0.4 is 10.6 Å². The van der Waals surface area contributed by atoms with Gasteiger partial charge in [0, 0.05) is 18.7 Å². The van der Waals surface area contributed by atoms with Crippen molar-refractivity contribution in [1.82, 2.24) is 5.32 Å². The molecule has 0 bridgehead atoms. The van der Waals surface area contributed by atoms with Crippen LogP contribution in [0.2, 0.25) is 0 Å². The molecule has 1 fully saturated rings. The summed E-state index contributed by atoms with van der Waals surface area (Å²) >= 11 is 0. The molecule has 3 nitrogen and oxygen atoms in total. The molecular weight excluding hydrogens is 226 g/mol. The number of hydrogen-bond donors (Lipinski definition) is 2. The van der Waals surface area contributed by atoms with Crippen molar-refractivity contribution in [3.8, 4) is 0 Å². The van der Waals surface area contributed by atoms with E-state index in [0.29, 0.717) is 17.8 Å². The molecule has 0 aliphatic carbocycles. The van der Waals surface area contributed by atoms with Gasteiger partial charge in [0.05, 0.1) is 0 Å². The number of carbonyl (C=O) groups excluding carboxylic acids is 1. The second-order valence-electron chi connectivity index (χ2n) is 4.31. The average Bonchev–Trinajstić information content (AvgIpc) is 2.72. The van der Waals surface area contributed by atoms with E-state index in [0.717, 1.165) is 0 Å². The topological polar surface area (TPSA) is 41.1 Å². The van der Waals surface area contributed by atoms with Crippen molar-refractivity contribution in [3.05, 3.63) is 29.6 Å². The molecular formula is C12H14F2N2O. The van der Waals surface area contributed by atoms with Gasteiger partial charge in [-0.3, -0.25) is 4.79 Å². The van der Waals surface area contributed by atoms with E-state index < -0.39 is 11.6 Å². The molecule has 0 aromatic heterocycles. The van der Waals surface area contributed by atoms with Gasteiger partial charge in [0.15, 0.2) is 0 Å². The van der Waals surface area contributed by atoms with E-state index in [-0.39, 0.29) is 18.8 Å². The predicted octanol–water partition coefficient (Wildman–Crippen LogP) is 1.77. The van der Waals surface area contributed by atoms with Crippen LogP contribution in [0.5, 0.6) is 0 Å². The highest BCUT2D eigenvalue weighted by Crippen LogP contribution is 2.22. The number of aryl methyl sites for hydroxylation is 1. The van der Waals surface area contributed by atoms with Gasteiger partial charge in [-0.25, -0.2) is 8.78 Å². The number of alkyl halides is 1. The van der Waals surface area contributed by atoms with Crippen molar-refractivity contribution in [1.29, 1.82) is 0 Å². The monoisotopic (exact) mass is 240 g/mol. The summed E-state index contributed by atoms with van der Waals surface area (Å²) in [6, 6.07) is 4.16. The van der Waals surface area contributed by atoms with Gasteiger partial charge in [0.1, 0.15) is 5.82 Å². The van der Waals surface area contributed by atoms with Crippen LogP contribution in [0.4, 0.5) is 14.5 Å². The Labute approximate surface area is 98.2 Å². The Balaban J connectivity index is 2.10. The SMILES string of the molecule is Cc1cc(NC(=O)C2(F)CCNC2)ccc1F. The van der Waals surface area contributed by atoms with E-state index in [4.69, 9.17) is 0 Å². The van der Waals surface area contributed by atoms with Crippen molar-refractivity contribution in [3.63, 3.8) is 0 Å². The molecule has 1 amide bonds. The molecule has 1 aromatic rings. The predicted molar refractivity (Wildman–Crippen MR) is 61.1 cm³/mol. The third-order valence-corrected chi connectivity index (χ3v) is 2.93. The van der Waals surface area contributed by atoms with Gasteiger partial charge in [-0.05, 0) is 37.2 Å². The highest BCUT2D eigenvalue weighted by atomic mass is 19.1. The molecule has 2 rings (SSSR count). The third-order valence-electron chi connectivity index (χ3n) is 2.93. The molecule has 1 aromatic carbocycles. The average molecular weight is 240 g/mol. The molecule has 1 heterocycles. The van der Waals surface area contributed by atoms with Crippen molar-refractivity contribution in [2.75, 3.05) is 18.4 Å². The van der Waals surface area contributed by atoms with Crippen LogP contribution in [-0.4, -0.2) is 24.7 Å². The fraction of sp³-hybridized carbons (Fsp3) is 0.417. The largest absolute Gasteiger partial charge is 0.323 e. The molecule has 0 saturated carbocycles. The van der Waals surface area contributed by atoms with Crippen molar-refractivity contribution >= 4 is 11.6 Å². The lowest BCUT2D eigenvalue weighted by molar-refractivity contribution is -0.126. The summed E-state index contributed by atoms with van der Waals surface area (Å²) in [7, 11) is 0. The zero-order valence-electron chi connectivity index (χ0n) is 9.52. The molecule has 0 radical (unpaired) electrons. The van der Waals surface area contributed by atoms with Crippen LogP contribution in [-0.2, 0) is 4.79 Å². The lowest BCUT2D eigenvalue weighted by Crippen LogP contribution is -2.40. The van der Waals surface area contributed by atoms with Gasteiger partial charge < -0.3 is 10.6 Å². The summed E-state index contributed by atoms with van der Waals surface area (Å²) in [6.07, 6.45) is 0.166. The summed E-state index contributed by atoms with van der Waals surface area (Å²) < 4.78 is 27.0. The van der Waals surface area contributed by atoms with Crippen LogP contribution in [0.1, 0.15) is 12.0 Å². The van der Waals surface area contributed by atoms with E-state index >= 15 is 0 Å². The number of anilines is 1. The van der Waals surface area contributed by atoms with Crippen LogP contribution in [0.25, 0.3) is 0 Å². The molecule has 5 heteroatoms. The molecule has 1 atom stereocenters. The fourth-order valence-corrected chi connectivity index (χ4v) is 1.82. The molecule has 92 valence electrons. The molecule has 17 heavy (non-hydrogen) atoms. The molecule has 2 N–H and O–H groups in total. The minimum Gasteiger partial charge on any atom is -0.323 e. The number of benzene rings is 1. The number of rotatable bonds is 2. The van der Waals surface area contributed by atoms with Gasteiger partial charge >= 0.3 is 0 Å².